The highest BCUT2D eigenvalue weighted by atomic mass is 16.7. The quantitative estimate of drug-likeness (QED) is 0.400. The van der Waals surface area contributed by atoms with Gasteiger partial charge in [0.15, 0.2) is 17.3 Å². The van der Waals surface area contributed by atoms with Crippen LogP contribution in [0, 0.1) is 0 Å². The molecule has 0 saturated carbocycles. The lowest BCUT2D eigenvalue weighted by molar-refractivity contribution is 0.0930. The van der Waals surface area contributed by atoms with E-state index in [1.807, 2.05) is 61.2 Å². The van der Waals surface area contributed by atoms with Crippen molar-refractivity contribution in [3.8, 4) is 23.0 Å². The number of furan rings is 1. The maximum absolute atomic E-state index is 6.08. The van der Waals surface area contributed by atoms with Crippen LogP contribution in [0.3, 0.4) is 0 Å². The highest BCUT2D eigenvalue weighted by molar-refractivity contribution is 5.94. The zero-order valence-electron chi connectivity index (χ0n) is 17.7. The van der Waals surface area contributed by atoms with Crippen LogP contribution < -0.4 is 9.47 Å². The number of likely N-dealkylation sites (N-methyl/N-ethyl adjacent to an activating group) is 1. The maximum atomic E-state index is 6.08. The zero-order chi connectivity index (χ0) is 21.2. The van der Waals surface area contributed by atoms with Gasteiger partial charge < -0.3 is 23.5 Å². The Morgan fingerprint density at radius 1 is 1.03 bits per heavy atom. The van der Waals surface area contributed by atoms with Crippen molar-refractivity contribution in [3.05, 3.63) is 65.9 Å². The van der Waals surface area contributed by atoms with E-state index in [9.17, 15) is 0 Å². The van der Waals surface area contributed by atoms with Gasteiger partial charge >= 0.3 is 0 Å². The normalized spacial score (nSPS) is 12.9. The minimum Gasteiger partial charge on any atom is -0.457 e. The molecular weight excluding hydrogens is 394 g/mol. The molecule has 0 aliphatic carbocycles. The largest absolute Gasteiger partial charge is 0.457 e. The van der Waals surface area contributed by atoms with Gasteiger partial charge in [-0.2, -0.15) is 5.10 Å². The lowest BCUT2D eigenvalue weighted by Gasteiger charge is -2.08. The van der Waals surface area contributed by atoms with Crippen LogP contribution in [0.4, 0.5) is 0 Å². The molecule has 4 aromatic rings. The Kier molecular flexibility index (Phi) is 5.36. The van der Waals surface area contributed by atoms with Gasteiger partial charge in [-0.15, -0.1) is 0 Å². The molecule has 0 N–H and O–H groups in total. The molecule has 1 aliphatic heterocycles. The Balaban J connectivity index is 1.47. The van der Waals surface area contributed by atoms with Crippen LogP contribution in [-0.4, -0.2) is 48.7 Å². The summed E-state index contributed by atoms with van der Waals surface area (Å²) in [6.45, 7) is 2.84. The minimum absolute atomic E-state index is 0.235. The molecule has 7 heteroatoms. The predicted molar refractivity (Wildman–Crippen MR) is 117 cm³/mol. The number of benzene rings is 2. The molecule has 5 rings (SSSR count). The maximum Gasteiger partial charge on any atom is 0.231 e. The molecule has 160 valence electrons. The lowest BCUT2D eigenvalue weighted by atomic mass is 10.1. The van der Waals surface area contributed by atoms with E-state index in [0.29, 0.717) is 25.5 Å². The number of ether oxygens (including phenoxy) is 3. The topological polar surface area (TPSA) is 61.9 Å². The number of fused-ring (bicyclic) bond motifs is 2. The summed E-state index contributed by atoms with van der Waals surface area (Å²) >= 11 is 0. The second-order valence-electron chi connectivity index (χ2n) is 7.84. The van der Waals surface area contributed by atoms with E-state index in [-0.39, 0.29) is 6.79 Å². The first kappa shape index (κ1) is 19.7. The summed E-state index contributed by atoms with van der Waals surface area (Å²) < 4.78 is 25.0. The summed E-state index contributed by atoms with van der Waals surface area (Å²) in [5.74, 6) is 2.96. The molecule has 0 atom stereocenters. The Morgan fingerprint density at radius 2 is 1.84 bits per heavy atom. The van der Waals surface area contributed by atoms with E-state index < -0.39 is 0 Å². The van der Waals surface area contributed by atoms with Crippen molar-refractivity contribution in [1.29, 1.82) is 0 Å². The molecule has 0 radical (unpaired) electrons. The Labute approximate surface area is 180 Å². The number of rotatable bonds is 8. The molecular formula is C24H25N3O4. The standard InChI is InChI=1S/C24H25N3O4/c1-26(2)10-11-28-15-18-8-9-21(31-18)24-19-12-22-23(30-16-29-22)13-20(19)27(25-24)14-17-6-4-3-5-7-17/h3-9,12-13H,10-11,14-16H2,1-2H3. The number of hydrogen-bond donors (Lipinski definition) is 0. The first-order chi connectivity index (χ1) is 15.2. The summed E-state index contributed by atoms with van der Waals surface area (Å²) in [6, 6.07) is 18.1. The summed E-state index contributed by atoms with van der Waals surface area (Å²) in [4.78, 5) is 2.09. The van der Waals surface area contributed by atoms with Gasteiger partial charge in [-0.25, -0.2) is 0 Å². The van der Waals surface area contributed by atoms with Crippen molar-refractivity contribution in [1.82, 2.24) is 14.7 Å². The fourth-order valence-corrected chi connectivity index (χ4v) is 3.62. The molecule has 0 bridgehead atoms. The van der Waals surface area contributed by atoms with Gasteiger partial charge in [-0.05, 0) is 37.9 Å². The summed E-state index contributed by atoms with van der Waals surface area (Å²) in [5, 5.41) is 5.86. The fraction of sp³-hybridized carbons (Fsp3) is 0.292. The average Bonchev–Trinajstić information content (AvgIpc) is 3.49. The molecule has 3 heterocycles. The van der Waals surface area contributed by atoms with Crippen LogP contribution in [0.5, 0.6) is 11.5 Å². The Bertz CT molecular complexity index is 1180. The number of nitrogens with zero attached hydrogens (tertiary/aromatic N) is 3. The predicted octanol–water partition coefficient (Wildman–Crippen LogP) is 4.15. The molecule has 0 fully saturated rings. The monoisotopic (exact) mass is 419 g/mol. The van der Waals surface area contributed by atoms with Gasteiger partial charge in [-0.3, -0.25) is 4.68 Å². The van der Waals surface area contributed by atoms with Crippen LogP contribution >= 0.6 is 0 Å². The van der Waals surface area contributed by atoms with Crippen LogP contribution in [-0.2, 0) is 17.9 Å². The van der Waals surface area contributed by atoms with E-state index >= 15 is 0 Å². The SMILES string of the molecule is CN(C)CCOCc1ccc(-c2nn(Cc3ccccc3)c3cc4c(cc23)OCO4)o1. The van der Waals surface area contributed by atoms with Gasteiger partial charge in [-0.1, -0.05) is 30.3 Å². The van der Waals surface area contributed by atoms with Crippen LogP contribution in [0.1, 0.15) is 11.3 Å². The molecule has 1 aliphatic rings. The van der Waals surface area contributed by atoms with E-state index in [2.05, 4.69) is 17.0 Å². The zero-order valence-corrected chi connectivity index (χ0v) is 17.7. The Morgan fingerprint density at radius 3 is 2.65 bits per heavy atom. The fourth-order valence-electron chi connectivity index (χ4n) is 3.62. The van der Waals surface area contributed by atoms with Gasteiger partial charge in [0.2, 0.25) is 6.79 Å². The second kappa shape index (κ2) is 8.45. The third-order valence-corrected chi connectivity index (χ3v) is 5.24. The third kappa shape index (κ3) is 4.15. The van der Waals surface area contributed by atoms with E-state index in [0.717, 1.165) is 40.4 Å². The lowest BCUT2D eigenvalue weighted by Crippen LogP contribution is -2.17. The molecule has 7 nitrogen and oxygen atoms in total. The van der Waals surface area contributed by atoms with E-state index in [4.69, 9.17) is 23.7 Å². The first-order valence-electron chi connectivity index (χ1n) is 10.3. The number of hydrogen-bond acceptors (Lipinski definition) is 6. The van der Waals surface area contributed by atoms with Crippen molar-refractivity contribution >= 4 is 10.9 Å². The van der Waals surface area contributed by atoms with Crippen molar-refractivity contribution in [2.45, 2.75) is 13.2 Å². The molecule has 0 unspecified atom stereocenters. The van der Waals surface area contributed by atoms with Crippen molar-refractivity contribution in [2.75, 3.05) is 34.0 Å². The van der Waals surface area contributed by atoms with E-state index in [1.54, 1.807) is 0 Å². The number of aromatic nitrogens is 2. The van der Waals surface area contributed by atoms with Crippen molar-refractivity contribution in [3.63, 3.8) is 0 Å². The summed E-state index contributed by atoms with van der Waals surface area (Å²) in [7, 11) is 4.05. The van der Waals surface area contributed by atoms with Gasteiger partial charge in [0.1, 0.15) is 18.1 Å². The molecule has 31 heavy (non-hydrogen) atoms. The molecule has 2 aromatic carbocycles. The van der Waals surface area contributed by atoms with Gasteiger partial charge in [0, 0.05) is 18.0 Å². The van der Waals surface area contributed by atoms with Gasteiger partial charge in [0.05, 0.1) is 18.7 Å². The van der Waals surface area contributed by atoms with Crippen LogP contribution in [0.15, 0.2) is 59.0 Å². The van der Waals surface area contributed by atoms with Crippen LogP contribution in [0.2, 0.25) is 0 Å². The minimum atomic E-state index is 0.235. The summed E-state index contributed by atoms with van der Waals surface area (Å²) in [5.41, 5.74) is 2.93. The molecule has 0 amide bonds. The smallest absolute Gasteiger partial charge is 0.231 e. The van der Waals surface area contributed by atoms with Crippen LogP contribution in [0.25, 0.3) is 22.4 Å². The third-order valence-electron chi connectivity index (χ3n) is 5.24. The average molecular weight is 419 g/mol. The summed E-state index contributed by atoms with van der Waals surface area (Å²) in [6.07, 6.45) is 0. The highest BCUT2D eigenvalue weighted by Gasteiger charge is 2.22. The molecule has 2 aromatic heterocycles. The molecule has 0 spiro atoms. The molecule has 0 saturated heterocycles. The highest BCUT2D eigenvalue weighted by Crippen LogP contribution is 2.40. The first-order valence-corrected chi connectivity index (χ1v) is 10.3. The van der Waals surface area contributed by atoms with Crippen molar-refractivity contribution in [2.24, 2.45) is 0 Å². The van der Waals surface area contributed by atoms with Crippen molar-refractivity contribution < 1.29 is 18.6 Å². The van der Waals surface area contributed by atoms with E-state index in [1.165, 1.54) is 5.56 Å². The van der Waals surface area contributed by atoms with Gasteiger partial charge in [0.25, 0.3) is 0 Å². The Hall–Kier alpha value is -3.29. The second-order valence-corrected chi connectivity index (χ2v) is 7.84.